The lowest BCUT2D eigenvalue weighted by Gasteiger charge is -2.16. The van der Waals surface area contributed by atoms with Crippen LogP contribution in [0.5, 0.6) is 0 Å². The van der Waals surface area contributed by atoms with Crippen molar-refractivity contribution < 1.29 is 5.11 Å². The largest absolute Gasteiger partial charge is 0.387 e. The molecule has 0 fully saturated rings. The Morgan fingerprint density at radius 1 is 1.28 bits per heavy atom. The smallest absolute Gasteiger partial charge is 0.0968 e. The van der Waals surface area contributed by atoms with Gasteiger partial charge in [-0.25, -0.2) is 0 Å². The Bertz CT molecular complexity index is 350. The third kappa shape index (κ3) is 4.39. The Labute approximate surface area is 119 Å². The molecule has 0 aliphatic carbocycles. The SMILES string of the molecule is CCCCCCCC(O)c1c(Br)cnn1C(C)C. The van der Waals surface area contributed by atoms with Gasteiger partial charge in [-0.2, -0.15) is 5.10 Å². The van der Waals surface area contributed by atoms with Gasteiger partial charge in [0.1, 0.15) is 0 Å². The van der Waals surface area contributed by atoms with Crippen molar-refractivity contribution in [3.05, 3.63) is 16.4 Å². The molecule has 1 aromatic heterocycles. The van der Waals surface area contributed by atoms with Crippen LogP contribution in [0.1, 0.15) is 77.1 Å². The number of hydrogen-bond donors (Lipinski definition) is 1. The van der Waals surface area contributed by atoms with Crippen LogP contribution in [0.2, 0.25) is 0 Å². The quantitative estimate of drug-likeness (QED) is 0.710. The predicted octanol–water partition coefficient (Wildman–Crippen LogP) is 4.62. The zero-order valence-corrected chi connectivity index (χ0v) is 13.3. The lowest BCUT2D eigenvalue weighted by molar-refractivity contribution is 0.149. The molecule has 0 saturated carbocycles. The van der Waals surface area contributed by atoms with Gasteiger partial charge in [-0.1, -0.05) is 39.0 Å². The van der Waals surface area contributed by atoms with Gasteiger partial charge in [0.25, 0.3) is 0 Å². The van der Waals surface area contributed by atoms with Crippen LogP contribution in [0, 0.1) is 0 Å². The van der Waals surface area contributed by atoms with E-state index in [1.165, 1.54) is 25.7 Å². The zero-order chi connectivity index (χ0) is 13.5. The van der Waals surface area contributed by atoms with Gasteiger partial charge in [-0.05, 0) is 36.2 Å². The second kappa shape index (κ2) is 7.95. The van der Waals surface area contributed by atoms with Crippen LogP contribution in [0.3, 0.4) is 0 Å². The minimum Gasteiger partial charge on any atom is -0.387 e. The summed E-state index contributed by atoms with van der Waals surface area (Å²) in [5.74, 6) is 0. The lowest BCUT2D eigenvalue weighted by Crippen LogP contribution is -2.11. The molecule has 1 unspecified atom stereocenters. The molecule has 104 valence electrons. The Kier molecular flexibility index (Phi) is 6.94. The maximum atomic E-state index is 10.3. The van der Waals surface area contributed by atoms with Gasteiger partial charge in [0.05, 0.1) is 22.5 Å². The maximum Gasteiger partial charge on any atom is 0.0968 e. The molecule has 1 N–H and O–H groups in total. The van der Waals surface area contributed by atoms with E-state index in [1.54, 1.807) is 6.20 Å². The van der Waals surface area contributed by atoms with Gasteiger partial charge < -0.3 is 5.11 Å². The molecule has 0 aliphatic rings. The van der Waals surface area contributed by atoms with E-state index >= 15 is 0 Å². The van der Waals surface area contributed by atoms with Crippen LogP contribution < -0.4 is 0 Å². The number of aliphatic hydroxyl groups is 1. The van der Waals surface area contributed by atoms with Crippen LogP contribution >= 0.6 is 15.9 Å². The van der Waals surface area contributed by atoms with Gasteiger partial charge in [0.15, 0.2) is 0 Å². The number of nitrogens with zero attached hydrogens (tertiary/aromatic N) is 2. The maximum absolute atomic E-state index is 10.3. The number of aromatic nitrogens is 2. The topological polar surface area (TPSA) is 38.1 Å². The molecule has 1 aromatic rings. The zero-order valence-electron chi connectivity index (χ0n) is 11.7. The highest BCUT2D eigenvalue weighted by Crippen LogP contribution is 2.29. The summed E-state index contributed by atoms with van der Waals surface area (Å²) in [5, 5.41) is 14.6. The molecule has 1 rings (SSSR count). The second-order valence-electron chi connectivity index (χ2n) is 5.13. The summed E-state index contributed by atoms with van der Waals surface area (Å²) in [6.45, 7) is 6.38. The molecule has 0 bridgehead atoms. The van der Waals surface area contributed by atoms with E-state index in [2.05, 4.69) is 41.8 Å². The van der Waals surface area contributed by atoms with Gasteiger partial charge in [-0.3, -0.25) is 4.68 Å². The van der Waals surface area contributed by atoms with Gasteiger partial charge in [-0.15, -0.1) is 0 Å². The highest BCUT2D eigenvalue weighted by molar-refractivity contribution is 9.10. The fourth-order valence-corrected chi connectivity index (χ4v) is 2.69. The molecule has 0 radical (unpaired) electrons. The summed E-state index contributed by atoms with van der Waals surface area (Å²) in [7, 11) is 0. The molecule has 18 heavy (non-hydrogen) atoms. The highest BCUT2D eigenvalue weighted by Gasteiger charge is 2.18. The van der Waals surface area contributed by atoms with Gasteiger partial charge in [0.2, 0.25) is 0 Å². The molecule has 1 heterocycles. The minimum atomic E-state index is -0.411. The van der Waals surface area contributed by atoms with Crippen LogP contribution in [-0.2, 0) is 0 Å². The van der Waals surface area contributed by atoms with Crippen molar-refractivity contribution in [1.29, 1.82) is 0 Å². The molecular formula is C14H25BrN2O. The Balaban J connectivity index is 2.50. The monoisotopic (exact) mass is 316 g/mol. The average molecular weight is 317 g/mol. The van der Waals surface area contributed by atoms with Crippen molar-refractivity contribution in [2.24, 2.45) is 0 Å². The minimum absolute atomic E-state index is 0.279. The summed E-state index contributed by atoms with van der Waals surface area (Å²) in [6.07, 6.45) is 8.29. The first-order valence-corrected chi connectivity index (χ1v) is 7.78. The summed E-state index contributed by atoms with van der Waals surface area (Å²) in [4.78, 5) is 0. The van der Waals surface area contributed by atoms with E-state index in [4.69, 9.17) is 0 Å². The number of hydrogen-bond acceptors (Lipinski definition) is 2. The normalized spacial score (nSPS) is 13.2. The second-order valence-corrected chi connectivity index (χ2v) is 5.99. The molecule has 4 heteroatoms. The van der Waals surface area contributed by atoms with Crippen molar-refractivity contribution in [1.82, 2.24) is 9.78 Å². The van der Waals surface area contributed by atoms with E-state index in [0.717, 1.165) is 23.0 Å². The number of halogens is 1. The van der Waals surface area contributed by atoms with Crippen molar-refractivity contribution in [2.45, 2.75) is 71.4 Å². The van der Waals surface area contributed by atoms with Gasteiger partial charge >= 0.3 is 0 Å². The number of aliphatic hydroxyl groups excluding tert-OH is 1. The predicted molar refractivity (Wildman–Crippen MR) is 78.6 cm³/mol. The molecular weight excluding hydrogens is 292 g/mol. The average Bonchev–Trinajstić information content (AvgIpc) is 2.71. The van der Waals surface area contributed by atoms with E-state index in [-0.39, 0.29) is 6.04 Å². The van der Waals surface area contributed by atoms with Gasteiger partial charge in [0, 0.05) is 6.04 Å². The summed E-state index contributed by atoms with van der Waals surface area (Å²) >= 11 is 3.48. The first-order chi connectivity index (χ1) is 8.57. The molecule has 0 aromatic carbocycles. The molecule has 0 amide bonds. The van der Waals surface area contributed by atoms with Crippen molar-refractivity contribution in [2.75, 3.05) is 0 Å². The van der Waals surface area contributed by atoms with E-state index in [9.17, 15) is 5.11 Å². The Morgan fingerprint density at radius 2 is 1.94 bits per heavy atom. The third-order valence-corrected chi connectivity index (χ3v) is 3.78. The molecule has 0 spiro atoms. The summed E-state index contributed by atoms with van der Waals surface area (Å²) < 4.78 is 2.82. The number of unbranched alkanes of at least 4 members (excludes halogenated alkanes) is 4. The van der Waals surface area contributed by atoms with E-state index < -0.39 is 6.10 Å². The Morgan fingerprint density at radius 3 is 2.56 bits per heavy atom. The summed E-state index contributed by atoms with van der Waals surface area (Å²) in [5.41, 5.74) is 0.917. The fourth-order valence-electron chi connectivity index (χ4n) is 2.15. The highest BCUT2D eigenvalue weighted by atomic mass is 79.9. The molecule has 0 aliphatic heterocycles. The van der Waals surface area contributed by atoms with E-state index in [0.29, 0.717) is 0 Å². The van der Waals surface area contributed by atoms with Crippen LogP contribution in [0.25, 0.3) is 0 Å². The molecule has 3 nitrogen and oxygen atoms in total. The lowest BCUT2D eigenvalue weighted by atomic mass is 10.1. The third-order valence-electron chi connectivity index (χ3n) is 3.17. The molecule has 0 saturated heterocycles. The fraction of sp³-hybridized carbons (Fsp3) is 0.786. The first-order valence-electron chi connectivity index (χ1n) is 6.98. The Hall–Kier alpha value is -0.350. The molecule has 1 atom stereocenters. The van der Waals surface area contributed by atoms with Crippen LogP contribution in [0.4, 0.5) is 0 Å². The van der Waals surface area contributed by atoms with Crippen molar-refractivity contribution >= 4 is 15.9 Å². The van der Waals surface area contributed by atoms with Crippen LogP contribution in [0.15, 0.2) is 10.7 Å². The standard InChI is InChI=1S/C14H25BrN2O/c1-4-5-6-7-8-9-13(18)14-12(15)10-16-17(14)11(2)3/h10-11,13,18H,4-9H2,1-3H3. The number of rotatable bonds is 8. The summed E-state index contributed by atoms with van der Waals surface area (Å²) in [6, 6.07) is 0.279. The van der Waals surface area contributed by atoms with E-state index in [1.807, 2.05) is 4.68 Å². The van der Waals surface area contributed by atoms with Crippen LogP contribution in [-0.4, -0.2) is 14.9 Å². The van der Waals surface area contributed by atoms with Crippen molar-refractivity contribution in [3.8, 4) is 0 Å². The first kappa shape index (κ1) is 15.7. The van der Waals surface area contributed by atoms with Crippen molar-refractivity contribution in [3.63, 3.8) is 0 Å².